The minimum atomic E-state index is -1.36. The van der Waals surface area contributed by atoms with Gasteiger partial charge in [-0.05, 0) is 112 Å². The number of ether oxygens (including phenoxy) is 6. The molecule has 0 unspecified atom stereocenters. The Morgan fingerprint density at radius 2 is 1.76 bits per heavy atom. The van der Waals surface area contributed by atoms with Gasteiger partial charge in [-0.25, -0.2) is 0 Å². The van der Waals surface area contributed by atoms with Crippen LogP contribution in [-0.4, -0.2) is 141 Å². The zero-order valence-corrected chi connectivity index (χ0v) is 36.4. The van der Waals surface area contributed by atoms with Gasteiger partial charge < -0.3 is 44.0 Å². The molecule has 12 atom stereocenters. The number of methoxy groups -OCH3 is 3. The van der Waals surface area contributed by atoms with E-state index >= 15 is 0 Å². The molecule has 0 aliphatic carbocycles. The van der Waals surface area contributed by atoms with Crippen LogP contribution in [0.4, 0.5) is 0 Å². The lowest BCUT2D eigenvalue weighted by molar-refractivity contribution is -0.328. The molecule has 3 rings (SSSR count). The van der Waals surface area contributed by atoms with Crippen LogP contribution in [0.2, 0.25) is 0 Å². The van der Waals surface area contributed by atoms with Crippen LogP contribution in [0.25, 0.3) is 0 Å². The fourth-order valence-corrected chi connectivity index (χ4v) is 8.64. The molecule has 12 heteroatoms. The first-order chi connectivity index (χ1) is 25.9. The average molecular weight is 780 g/mol. The van der Waals surface area contributed by atoms with Crippen molar-refractivity contribution in [1.29, 1.82) is 0 Å². The molecule has 0 saturated carbocycles. The summed E-state index contributed by atoms with van der Waals surface area (Å²) in [6.07, 6.45) is 0.724. The monoisotopic (exact) mass is 780 g/mol. The number of likely N-dealkylation sites (N-methyl/N-ethyl adjacent to an activating group) is 1. The van der Waals surface area contributed by atoms with E-state index in [1.807, 2.05) is 59.9 Å². The van der Waals surface area contributed by atoms with E-state index in [4.69, 9.17) is 28.4 Å². The number of nitrogens with one attached hydrogen (secondary N) is 1. The summed E-state index contributed by atoms with van der Waals surface area (Å²) in [6, 6.07) is 8.25. The molecular formula is C43H77N3O9. The molecule has 1 aromatic carbocycles. The zero-order chi connectivity index (χ0) is 41.1. The summed E-state index contributed by atoms with van der Waals surface area (Å²) in [5.41, 5.74) is -1.77. The second-order valence-electron chi connectivity index (χ2n) is 16.8. The quantitative estimate of drug-likeness (QED) is 0.152. The van der Waals surface area contributed by atoms with E-state index in [0.29, 0.717) is 38.8 Å². The van der Waals surface area contributed by atoms with Gasteiger partial charge in [-0.15, -0.1) is 0 Å². The van der Waals surface area contributed by atoms with Crippen molar-refractivity contribution in [3.8, 4) is 5.75 Å². The Hall–Kier alpha value is -1.87. The van der Waals surface area contributed by atoms with Crippen LogP contribution in [-0.2, 0) is 28.5 Å². The van der Waals surface area contributed by atoms with Gasteiger partial charge in [0.05, 0.1) is 36.9 Å². The first-order valence-corrected chi connectivity index (χ1v) is 20.7. The summed E-state index contributed by atoms with van der Waals surface area (Å²) in [6.45, 7) is 21.4. The van der Waals surface area contributed by atoms with Gasteiger partial charge in [0.25, 0.3) is 0 Å². The molecule has 2 saturated heterocycles. The van der Waals surface area contributed by atoms with Gasteiger partial charge in [0.2, 0.25) is 0 Å². The van der Waals surface area contributed by atoms with Gasteiger partial charge in [0, 0.05) is 51.4 Å². The van der Waals surface area contributed by atoms with Crippen molar-refractivity contribution >= 4 is 5.97 Å². The van der Waals surface area contributed by atoms with Crippen LogP contribution >= 0.6 is 0 Å². The third kappa shape index (κ3) is 11.9. The highest BCUT2D eigenvalue weighted by molar-refractivity contribution is 5.73. The Morgan fingerprint density at radius 3 is 2.38 bits per heavy atom. The number of benzene rings is 1. The number of aliphatic hydroxyl groups excluding tert-OH is 1. The van der Waals surface area contributed by atoms with Gasteiger partial charge in [0.15, 0.2) is 6.29 Å². The molecule has 2 heterocycles. The maximum atomic E-state index is 13.8. The van der Waals surface area contributed by atoms with Gasteiger partial charge in [-0.3, -0.25) is 14.6 Å². The van der Waals surface area contributed by atoms with E-state index in [9.17, 15) is 15.0 Å². The molecule has 0 aromatic heterocycles. The first-order valence-electron chi connectivity index (χ1n) is 20.7. The van der Waals surface area contributed by atoms with Crippen LogP contribution < -0.4 is 10.1 Å². The number of aliphatic hydroxyl groups is 2. The lowest BCUT2D eigenvalue weighted by atomic mass is 9.75. The maximum absolute atomic E-state index is 13.8. The second kappa shape index (κ2) is 21.2. The molecule has 3 N–H and O–H groups in total. The Kier molecular flexibility index (Phi) is 18.3. The van der Waals surface area contributed by atoms with Crippen molar-refractivity contribution in [1.82, 2.24) is 15.1 Å². The highest BCUT2D eigenvalue weighted by atomic mass is 16.7. The third-order valence-corrected chi connectivity index (χ3v) is 13.1. The molecule has 0 bridgehead atoms. The number of esters is 1. The van der Waals surface area contributed by atoms with Crippen molar-refractivity contribution in [2.75, 3.05) is 61.1 Å². The molecule has 0 radical (unpaired) electrons. The number of rotatable bonds is 15. The fraction of sp³-hybridized carbons (Fsp3) is 0.837. The van der Waals surface area contributed by atoms with E-state index in [0.717, 1.165) is 30.8 Å². The Labute approximate surface area is 332 Å². The molecule has 2 fully saturated rings. The highest BCUT2D eigenvalue weighted by Crippen LogP contribution is 2.42. The Balaban J connectivity index is 1.73. The van der Waals surface area contributed by atoms with Crippen LogP contribution in [0.1, 0.15) is 112 Å². The molecule has 2 aliphatic rings. The Bertz CT molecular complexity index is 1310. The molecule has 0 spiro atoms. The number of hydrogen-bond acceptors (Lipinski definition) is 12. The molecular weight excluding hydrogens is 702 g/mol. The van der Waals surface area contributed by atoms with Crippen LogP contribution in [0.15, 0.2) is 24.3 Å². The number of para-hydroxylation sites is 1. The predicted octanol–water partition coefficient (Wildman–Crippen LogP) is 5.58. The summed E-state index contributed by atoms with van der Waals surface area (Å²) in [4.78, 5) is 18.3. The Morgan fingerprint density at radius 1 is 1.07 bits per heavy atom. The maximum Gasteiger partial charge on any atom is 0.311 e. The van der Waals surface area contributed by atoms with Crippen molar-refractivity contribution < 1.29 is 43.4 Å². The normalized spacial score (nSPS) is 36.6. The van der Waals surface area contributed by atoms with E-state index in [1.165, 1.54) is 0 Å². The van der Waals surface area contributed by atoms with E-state index in [2.05, 4.69) is 48.9 Å². The summed E-state index contributed by atoms with van der Waals surface area (Å²) >= 11 is 0. The van der Waals surface area contributed by atoms with Crippen molar-refractivity contribution in [3.63, 3.8) is 0 Å². The summed E-state index contributed by atoms with van der Waals surface area (Å²) in [7, 11) is 6.98. The summed E-state index contributed by atoms with van der Waals surface area (Å²) < 4.78 is 37.2. The summed E-state index contributed by atoms with van der Waals surface area (Å²) in [5.74, 6) is -0.190. The molecule has 1 aromatic rings. The highest BCUT2D eigenvalue weighted by Gasteiger charge is 2.57. The largest absolute Gasteiger partial charge is 0.496 e. The number of cyclic esters (lactones) is 1. The summed E-state index contributed by atoms with van der Waals surface area (Å²) in [5, 5.41) is 26.9. The smallest absolute Gasteiger partial charge is 0.311 e. The van der Waals surface area contributed by atoms with Crippen molar-refractivity contribution in [2.24, 2.45) is 11.8 Å². The third-order valence-electron chi connectivity index (χ3n) is 13.1. The standard InChI is InChI=1S/C43H77N3O9/c1-14-34-27-45(10)32(6)36(47)21-22-41(8,51-12)25-29(3)39(30(4)40(48)54-34)55-38-26-42(9,52-13)43(49,33(7)53-38)28-44-23-18-24-46(15-2)31(5)35-19-16-17-20-37(35)50-11/h16-17,19-20,29-34,36,38-39,44,47,49H,14-15,18,21-28H2,1-13H3/t29-,30-,31+,32+,33+,34-,36+,38+,39+,41+,42-,43+/m1/s1. The molecule has 2 aliphatic heterocycles. The molecule has 0 amide bonds. The lowest BCUT2D eigenvalue weighted by Gasteiger charge is -2.53. The lowest BCUT2D eigenvalue weighted by Crippen LogP contribution is -2.70. The van der Waals surface area contributed by atoms with E-state index in [1.54, 1.807) is 21.3 Å². The second-order valence-corrected chi connectivity index (χ2v) is 16.8. The number of carbonyl (C=O) groups excluding carboxylic acids is 1. The number of hydrogen-bond donors (Lipinski definition) is 3. The number of nitrogens with zero attached hydrogens (tertiary/aromatic N) is 2. The van der Waals surface area contributed by atoms with Crippen LogP contribution in [0, 0.1) is 11.8 Å². The van der Waals surface area contributed by atoms with Gasteiger partial charge in [-0.2, -0.15) is 0 Å². The molecule has 12 nitrogen and oxygen atoms in total. The predicted molar refractivity (Wildman–Crippen MR) is 216 cm³/mol. The van der Waals surface area contributed by atoms with Crippen molar-refractivity contribution in [3.05, 3.63) is 29.8 Å². The van der Waals surface area contributed by atoms with Gasteiger partial charge in [0.1, 0.15) is 23.1 Å². The van der Waals surface area contributed by atoms with Gasteiger partial charge in [-0.1, -0.05) is 39.0 Å². The topological polar surface area (TPSA) is 131 Å². The average Bonchev–Trinajstić information content (AvgIpc) is 3.17. The van der Waals surface area contributed by atoms with Gasteiger partial charge >= 0.3 is 5.97 Å². The fourth-order valence-electron chi connectivity index (χ4n) is 8.64. The first kappa shape index (κ1) is 47.5. The molecule has 55 heavy (non-hydrogen) atoms. The van der Waals surface area contributed by atoms with Crippen molar-refractivity contribution in [2.45, 2.75) is 160 Å². The van der Waals surface area contributed by atoms with E-state index < -0.39 is 47.3 Å². The minimum absolute atomic E-state index is 0.109. The number of carbonyl (C=O) groups is 1. The molecule has 318 valence electrons. The van der Waals surface area contributed by atoms with Crippen LogP contribution in [0.5, 0.6) is 5.75 Å². The minimum Gasteiger partial charge on any atom is -0.496 e. The van der Waals surface area contributed by atoms with E-state index in [-0.39, 0.29) is 43.0 Å². The SMILES string of the molecule is CC[C@@H]1CN(C)[C@@H](C)[C@@H](O)CC[C@](C)(OC)C[C@@H](C)[C@H](O[C@H]2C[C@@](C)(OC)[C@](O)(CNCCCN(CC)[C@@H](C)c3ccccc3OC)[C@H](C)O2)[C@@H](C)C(=O)O1. The zero-order valence-electron chi connectivity index (χ0n) is 36.4. The van der Waals surface area contributed by atoms with Crippen LogP contribution in [0.3, 0.4) is 0 Å².